The number of rotatable bonds is 5. The summed E-state index contributed by atoms with van der Waals surface area (Å²) in [4.78, 5) is 14.9. The molecule has 1 saturated heterocycles. The average molecular weight is 362 g/mol. The molecule has 2 atom stereocenters. The van der Waals surface area contributed by atoms with Gasteiger partial charge in [-0.1, -0.05) is 36.8 Å². The number of halogens is 2. The van der Waals surface area contributed by atoms with E-state index in [-0.39, 0.29) is 36.8 Å². The van der Waals surface area contributed by atoms with Crippen LogP contribution in [-0.4, -0.2) is 36.5 Å². The molecule has 0 saturated carbocycles. The summed E-state index contributed by atoms with van der Waals surface area (Å²) in [6.45, 7) is 6.99. The lowest BCUT2D eigenvalue weighted by molar-refractivity contribution is -0.126. The van der Waals surface area contributed by atoms with E-state index in [4.69, 9.17) is 5.73 Å². The molecular formula is C17H29Cl2N3O. The fourth-order valence-corrected chi connectivity index (χ4v) is 2.86. The molecule has 132 valence electrons. The number of nitrogens with one attached hydrogen (secondary N) is 1. The van der Waals surface area contributed by atoms with Crippen molar-refractivity contribution in [1.29, 1.82) is 0 Å². The Morgan fingerprint density at radius 3 is 2.35 bits per heavy atom. The summed E-state index contributed by atoms with van der Waals surface area (Å²) < 4.78 is 0. The monoisotopic (exact) mass is 361 g/mol. The van der Waals surface area contributed by atoms with Crippen molar-refractivity contribution in [3.05, 3.63) is 35.9 Å². The second-order valence-electron chi connectivity index (χ2n) is 6.30. The molecule has 4 nitrogen and oxygen atoms in total. The average Bonchev–Trinajstić information content (AvgIpc) is 2.49. The van der Waals surface area contributed by atoms with E-state index >= 15 is 0 Å². The molecule has 1 aliphatic heterocycles. The Hall–Kier alpha value is -0.810. The molecule has 1 heterocycles. The van der Waals surface area contributed by atoms with E-state index < -0.39 is 5.54 Å². The van der Waals surface area contributed by atoms with Crippen LogP contribution in [0.25, 0.3) is 0 Å². The third-order valence-electron chi connectivity index (χ3n) is 4.20. The Bertz CT molecular complexity index is 462. The van der Waals surface area contributed by atoms with Crippen LogP contribution >= 0.6 is 24.8 Å². The van der Waals surface area contributed by atoms with Crippen LogP contribution in [-0.2, 0) is 10.3 Å². The SMILES string of the molecule is CC(CN1CCCCC1)NC(=O)C(C)(N)c1ccccc1.Cl.Cl. The number of amides is 1. The van der Waals surface area contributed by atoms with Crippen molar-refractivity contribution in [1.82, 2.24) is 10.2 Å². The van der Waals surface area contributed by atoms with E-state index in [1.807, 2.05) is 37.3 Å². The lowest BCUT2D eigenvalue weighted by Gasteiger charge is -2.31. The van der Waals surface area contributed by atoms with Crippen LogP contribution in [0.1, 0.15) is 38.7 Å². The van der Waals surface area contributed by atoms with Gasteiger partial charge in [-0.15, -0.1) is 24.8 Å². The fourth-order valence-electron chi connectivity index (χ4n) is 2.86. The minimum absolute atomic E-state index is 0. The van der Waals surface area contributed by atoms with Gasteiger partial charge in [0.15, 0.2) is 0 Å². The summed E-state index contributed by atoms with van der Waals surface area (Å²) in [5.74, 6) is -0.113. The van der Waals surface area contributed by atoms with Crippen molar-refractivity contribution >= 4 is 30.7 Å². The Labute approximate surface area is 152 Å². The maximum absolute atomic E-state index is 12.5. The van der Waals surface area contributed by atoms with E-state index in [0.717, 1.165) is 25.2 Å². The quantitative estimate of drug-likeness (QED) is 0.847. The summed E-state index contributed by atoms with van der Waals surface area (Å²) in [5, 5.41) is 3.06. The molecule has 0 aromatic heterocycles. The fraction of sp³-hybridized carbons (Fsp3) is 0.588. The molecule has 1 aromatic rings. The largest absolute Gasteiger partial charge is 0.350 e. The van der Waals surface area contributed by atoms with Gasteiger partial charge in [-0.25, -0.2) is 0 Å². The zero-order chi connectivity index (χ0) is 15.3. The Morgan fingerprint density at radius 1 is 1.22 bits per heavy atom. The predicted octanol–water partition coefficient (Wildman–Crippen LogP) is 2.69. The lowest BCUT2D eigenvalue weighted by Crippen LogP contribution is -2.53. The molecule has 0 bridgehead atoms. The van der Waals surface area contributed by atoms with Crippen LogP contribution in [0.2, 0.25) is 0 Å². The normalized spacial score (nSPS) is 18.7. The first-order valence-corrected chi connectivity index (χ1v) is 7.88. The molecule has 1 amide bonds. The molecule has 1 aliphatic rings. The minimum atomic E-state index is -0.989. The van der Waals surface area contributed by atoms with Gasteiger partial charge >= 0.3 is 0 Å². The molecule has 0 spiro atoms. The van der Waals surface area contributed by atoms with Gasteiger partial charge < -0.3 is 16.0 Å². The van der Waals surface area contributed by atoms with Crippen molar-refractivity contribution in [2.75, 3.05) is 19.6 Å². The van der Waals surface area contributed by atoms with Crippen LogP contribution in [0.15, 0.2) is 30.3 Å². The minimum Gasteiger partial charge on any atom is -0.350 e. The Balaban J connectivity index is 0.00000242. The highest BCUT2D eigenvalue weighted by atomic mass is 35.5. The van der Waals surface area contributed by atoms with Gasteiger partial charge in [-0.3, -0.25) is 4.79 Å². The summed E-state index contributed by atoms with van der Waals surface area (Å²) >= 11 is 0. The summed E-state index contributed by atoms with van der Waals surface area (Å²) in [7, 11) is 0. The highest BCUT2D eigenvalue weighted by molar-refractivity contribution is 5.87. The van der Waals surface area contributed by atoms with E-state index in [9.17, 15) is 4.79 Å². The number of nitrogens with zero attached hydrogens (tertiary/aromatic N) is 1. The Kier molecular flexibility index (Phi) is 9.78. The molecule has 3 N–H and O–H groups in total. The van der Waals surface area contributed by atoms with E-state index in [2.05, 4.69) is 10.2 Å². The van der Waals surface area contributed by atoms with Crippen LogP contribution < -0.4 is 11.1 Å². The second-order valence-corrected chi connectivity index (χ2v) is 6.30. The summed E-state index contributed by atoms with van der Waals surface area (Å²) in [6.07, 6.45) is 3.85. The smallest absolute Gasteiger partial charge is 0.244 e. The molecule has 6 heteroatoms. The van der Waals surface area contributed by atoms with E-state index in [1.54, 1.807) is 6.92 Å². The molecule has 0 radical (unpaired) electrons. The molecule has 1 aromatic carbocycles. The van der Waals surface area contributed by atoms with Gasteiger partial charge in [0.25, 0.3) is 0 Å². The third-order valence-corrected chi connectivity index (χ3v) is 4.20. The van der Waals surface area contributed by atoms with Crippen LogP contribution in [0, 0.1) is 0 Å². The zero-order valence-corrected chi connectivity index (χ0v) is 15.6. The van der Waals surface area contributed by atoms with Gasteiger partial charge in [-0.05, 0) is 45.3 Å². The maximum atomic E-state index is 12.5. The van der Waals surface area contributed by atoms with Crippen LogP contribution in [0.5, 0.6) is 0 Å². The van der Waals surface area contributed by atoms with Crippen molar-refractivity contribution in [2.24, 2.45) is 5.73 Å². The number of hydrogen-bond acceptors (Lipinski definition) is 3. The Morgan fingerprint density at radius 2 is 1.78 bits per heavy atom. The first-order chi connectivity index (χ1) is 10.00. The number of piperidine rings is 1. The van der Waals surface area contributed by atoms with E-state index in [1.165, 1.54) is 19.3 Å². The van der Waals surface area contributed by atoms with Gasteiger partial charge in [0, 0.05) is 12.6 Å². The number of benzene rings is 1. The maximum Gasteiger partial charge on any atom is 0.244 e. The van der Waals surface area contributed by atoms with Crippen LogP contribution in [0.3, 0.4) is 0 Å². The van der Waals surface area contributed by atoms with Gasteiger partial charge in [0.1, 0.15) is 5.54 Å². The lowest BCUT2D eigenvalue weighted by atomic mass is 9.92. The number of carbonyl (C=O) groups excluding carboxylic acids is 1. The van der Waals surface area contributed by atoms with Crippen LogP contribution in [0.4, 0.5) is 0 Å². The number of nitrogens with two attached hydrogens (primary N) is 1. The highest BCUT2D eigenvalue weighted by Crippen LogP contribution is 2.17. The summed E-state index contributed by atoms with van der Waals surface area (Å²) in [6, 6.07) is 9.65. The van der Waals surface area contributed by atoms with Crippen molar-refractivity contribution in [3.63, 3.8) is 0 Å². The van der Waals surface area contributed by atoms with Gasteiger partial charge in [-0.2, -0.15) is 0 Å². The number of hydrogen-bond donors (Lipinski definition) is 2. The molecule has 2 unspecified atom stereocenters. The van der Waals surface area contributed by atoms with Crippen molar-refractivity contribution in [3.8, 4) is 0 Å². The van der Waals surface area contributed by atoms with Crippen molar-refractivity contribution < 1.29 is 4.79 Å². The van der Waals surface area contributed by atoms with Gasteiger partial charge in [0.2, 0.25) is 5.91 Å². The third kappa shape index (κ3) is 6.30. The van der Waals surface area contributed by atoms with Gasteiger partial charge in [0.05, 0.1) is 0 Å². The first kappa shape index (κ1) is 22.2. The van der Waals surface area contributed by atoms with Crippen molar-refractivity contribution in [2.45, 2.75) is 44.7 Å². The number of likely N-dealkylation sites (tertiary alicyclic amines) is 1. The summed E-state index contributed by atoms with van der Waals surface area (Å²) in [5.41, 5.74) is 6.09. The highest BCUT2D eigenvalue weighted by Gasteiger charge is 2.31. The molecule has 2 rings (SSSR count). The second kappa shape index (κ2) is 10.1. The molecule has 23 heavy (non-hydrogen) atoms. The zero-order valence-electron chi connectivity index (χ0n) is 14.0. The molecule has 0 aliphatic carbocycles. The molecule has 1 fully saturated rings. The topological polar surface area (TPSA) is 58.4 Å². The standard InChI is InChI=1S/C17H27N3O.2ClH/c1-14(13-20-11-7-4-8-12-20)19-16(21)17(2,18)15-9-5-3-6-10-15;;/h3,5-6,9-10,14H,4,7-8,11-13,18H2,1-2H3,(H,19,21);2*1H. The molecular weight excluding hydrogens is 333 g/mol. The first-order valence-electron chi connectivity index (χ1n) is 7.88. The number of carbonyl (C=O) groups is 1. The van der Waals surface area contributed by atoms with E-state index in [0.29, 0.717) is 0 Å². The predicted molar refractivity (Wildman–Crippen MR) is 100 cm³/mol.